The summed E-state index contributed by atoms with van der Waals surface area (Å²) >= 11 is 5.94. The smallest absolute Gasteiger partial charge is 0.326 e. The van der Waals surface area contributed by atoms with Crippen LogP contribution in [0.5, 0.6) is 0 Å². The zero-order valence-corrected chi connectivity index (χ0v) is 11.4. The highest BCUT2D eigenvalue weighted by Gasteiger charge is 2.17. The Labute approximate surface area is 117 Å². The molecular formula is C14H16ClNO3. The maximum atomic E-state index is 11.6. The second-order valence-corrected chi connectivity index (χ2v) is 4.45. The fourth-order valence-corrected chi connectivity index (χ4v) is 1.74. The van der Waals surface area contributed by atoms with Crippen molar-refractivity contribution in [1.29, 1.82) is 0 Å². The van der Waals surface area contributed by atoms with Crippen molar-refractivity contribution in [2.45, 2.75) is 25.8 Å². The van der Waals surface area contributed by atoms with Gasteiger partial charge in [0.15, 0.2) is 0 Å². The zero-order chi connectivity index (χ0) is 14.3. The van der Waals surface area contributed by atoms with Gasteiger partial charge in [-0.15, -0.1) is 0 Å². The first-order chi connectivity index (χ1) is 9.04. The van der Waals surface area contributed by atoms with Gasteiger partial charge in [-0.3, -0.25) is 4.79 Å². The maximum absolute atomic E-state index is 11.6. The van der Waals surface area contributed by atoms with Gasteiger partial charge in [-0.25, -0.2) is 4.79 Å². The first-order valence-electron chi connectivity index (χ1n) is 6.00. The third-order valence-corrected chi connectivity index (χ3v) is 2.86. The number of aliphatic carboxylic acids is 1. The number of hydrogen-bond acceptors (Lipinski definition) is 2. The lowest BCUT2D eigenvalue weighted by Crippen LogP contribution is -2.39. The van der Waals surface area contributed by atoms with Crippen LogP contribution in [0.4, 0.5) is 0 Å². The molecule has 0 heterocycles. The van der Waals surface area contributed by atoms with Gasteiger partial charge in [-0.2, -0.15) is 0 Å². The van der Waals surface area contributed by atoms with Crippen molar-refractivity contribution in [1.82, 2.24) is 5.32 Å². The Kier molecular flexibility index (Phi) is 6.09. The summed E-state index contributed by atoms with van der Waals surface area (Å²) in [6.07, 6.45) is 3.93. The molecule has 0 bridgehead atoms. The van der Waals surface area contributed by atoms with E-state index in [-0.39, 0.29) is 0 Å². The van der Waals surface area contributed by atoms with Crippen LogP contribution in [0.25, 0.3) is 6.08 Å². The van der Waals surface area contributed by atoms with Crippen molar-refractivity contribution in [3.05, 3.63) is 40.9 Å². The summed E-state index contributed by atoms with van der Waals surface area (Å²) < 4.78 is 0. The van der Waals surface area contributed by atoms with E-state index >= 15 is 0 Å². The fraction of sp³-hybridized carbons (Fsp3) is 0.286. The molecule has 0 saturated carbocycles. The number of benzene rings is 1. The summed E-state index contributed by atoms with van der Waals surface area (Å²) in [7, 11) is 0. The third kappa shape index (κ3) is 5.14. The predicted octanol–water partition coefficient (Wildman–Crippen LogP) is 2.72. The number of carboxylic acids is 1. The molecule has 0 saturated heterocycles. The van der Waals surface area contributed by atoms with Crippen molar-refractivity contribution in [2.24, 2.45) is 0 Å². The molecule has 1 aromatic carbocycles. The van der Waals surface area contributed by atoms with Crippen LogP contribution >= 0.6 is 11.6 Å². The van der Waals surface area contributed by atoms with Crippen LogP contribution in [0.2, 0.25) is 5.02 Å². The normalized spacial score (nSPS) is 12.3. The quantitative estimate of drug-likeness (QED) is 0.788. The summed E-state index contributed by atoms with van der Waals surface area (Å²) in [5.74, 6) is -1.47. The highest BCUT2D eigenvalue weighted by Crippen LogP contribution is 2.16. The molecule has 102 valence electrons. The summed E-state index contributed by atoms with van der Waals surface area (Å²) in [4.78, 5) is 22.5. The molecule has 0 radical (unpaired) electrons. The van der Waals surface area contributed by atoms with Crippen LogP contribution in [0.1, 0.15) is 25.3 Å². The summed E-state index contributed by atoms with van der Waals surface area (Å²) in [5.41, 5.74) is 0.710. The highest BCUT2D eigenvalue weighted by molar-refractivity contribution is 6.32. The number of hydrogen-bond donors (Lipinski definition) is 2. The predicted molar refractivity (Wildman–Crippen MR) is 75.0 cm³/mol. The lowest BCUT2D eigenvalue weighted by atomic mass is 10.1. The van der Waals surface area contributed by atoms with Gasteiger partial charge >= 0.3 is 5.97 Å². The van der Waals surface area contributed by atoms with Gasteiger partial charge in [0.1, 0.15) is 6.04 Å². The SMILES string of the molecule is CCC[C@@H](NC(=O)/C=C/c1ccccc1Cl)C(=O)O. The van der Waals surface area contributed by atoms with E-state index in [1.807, 2.05) is 6.92 Å². The van der Waals surface area contributed by atoms with Crippen LogP contribution < -0.4 is 5.32 Å². The van der Waals surface area contributed by atoms with E-state index in [0.29, 0.717) is 23.4 Å². The van der Waals surface area contributed by atoms with Gasteiger partial charge in [-0.1, -0.05) is 43.1 Å². The van der Waals surface area contributed by atoms with Crippen molar-refractivity contribution in [3.63, 3.8) is 0 Å². The second-order valence-electron chi connectivity index (χ2n) is 4.04. The summed E-state index contributed by atoms with van der Waals surface area (Å²) in [6.45, 7) is 1.86. The summed E-state index contributed by atoms with van der Waals surface area (Å²) in [6, 6.07) is 6.24. The first-order valence-corrected chi connectivity index (χ1v) is 6.38. The van der Waals surface area contributed by atoms with Crippen molar-refractivity contribution in [3.8, 4) is 0 Å². The number of amides is 1. The third-order valence-electron chi connectivity index (χ3n) is 2.51. The largest absolute Gasteiger partial charge is 0.480 e. The minimum absolute atomic E-state index is 0.404. The zero-order valence-electron chi connectivity index (χ0n) is 10.6. The molecule has 0 aromatic heterocycles. The Morgan fingerprint density at radius 3 is 2.68 bits per heavy atom. The number of carbonyl (C=O) groups excluding carboxylic acids is 1. The monoisotopic (exact) mass is 281 g/mol. The molecule has 0 spiro atoms. The Balaban J connectivity index is 2.64. The average molecular weight is 282 g/mol. The number of nitrogens with one attached hydrogen (secondary N) is 1. The molecule has 0 fully saturated rings. The minimum Gasteiger partial charge on any atom is -0.480 e. The van der Waals surface area contributed by atoms with E-state index < -0.39 is 17.9 Å². The van der Waals surface area contributed by atoms with Crippen molar-refractivity contribution in [2.75, 3.05) is 0 Å². The number of halogens is 1. The van der Waals surface area contributed by atoms with Crippen LogP contribution in [-0.2, 0) is 9.59 Å². The van der Waals surface area contributed by atoms with Crippen molar-refractivity contribution < 1.29 is 14.7 Å². The molecule has 0 aliphatic carbocycles. The molecule has 1 amide bonds. The highest BCUT2D eigenvalue weighted by atomic mass is 35.5. The van der Waals surface area contributed by atoms with Crippen LogP contribution in [0, 0.1) is 0 Å². The van der Waals surface area contributed by atoms with Gasteiger partial charge < -0.3 is 10.4 Å². The van der Waals surface area contributed by atoms with Crippen LogP contribution in [0.3, 0.4) is 0 Å². The lowest BCUT2D eigenvalue weighted by Gasteiger charge is -2.11. The molecule has 5 heteroatoms. The van der Waals surface area contributed by atoms with Gasteiger partial charge in [-0.05, 0) is 24.1 Å². The maximum Gasteiger partial charge on any atom is 0.326 e. The lowest BCUT2D eigenvalue weighted by molar-refractivity contribution is -0.141. The van der Waals surface area contributed by atoms with Gasteiger partial charge in [0.2, 0.25) is 5.91 Å². The number of carbonyl (C=O) groups is 2. The van der Waals surface area contributed by atoms with E-state index in [9.17, 15) is 9.59 Å². The Morgan fingerprint density at radius 1 is 1.42 bits per heavy atom. The Hall–Kier alpha value is -1.81. The molecule has 1 aromatic rings. The Morgan fingerprint density at radius 2 is 2.11 bits per heavy atom. The standard InChI is InChI=1S/C14H16ClNO3/c1-2-5-12(14(18)19)16-13(17)9-8-10-6-3-4-7-11(10)15/h3-4,6-9,12H,2,5H2,1H3,(H,16,17)(H,18,19)/b9-8+/t12-/m1/s1. The molecule has 0 aliphatic rings. The van der Waals surface area contributed by atoms with Crippen molar-refractivity contribution >= 4 is 29.6 Å². The first kappa shape index (κ1) is 15.2. The molecule has 19 heavy (non-hydrogen) atoms. The van der Waals surface area contributed by atoms with Gasteiger partial charge in [0, 0.05) is 11.1 Å². The van der Waals surface area contributed by atoms with E-state index in [4.69, 9.17) is 16.7 Å². The average Bonchev–Trinajstić information content (AvgIpc) is 2.37. The molecular weight excluding hydrogens is 266 g/mol. The number of rotatable bonds is 6. The molecule has 0 aliphatic heterocycles. The molecule has 0 unspecified atom stereocenters. The Bertz CT molecular complexity index is 485. The molecule has 4 nitrogen and oxygen atoms in total. The van der Waals surface area contributed by atoms with E-state index in [1.54, 1.807) is 30.3 Å². The van der Waals surface area contributed by atoms with Gasteiger partial charge in [0.25, 0.3) is 0 Å². The van der Waals surface area contributed by atoms with E-state index in [0.717, 1.165) is 0 Å². The van der Waals surface area contributed by atoms with Gasteiger partial charge in [0.05, 0.1) is 0 Å². The second kappa shape index (κ2) is 7.59. The summed E-state index contributed by atoms with van der Waals surface area (Å²) in [5, 5.41) is 11.9. The minimum atomic E-state index is -1.03. The molecule has 1 rings (SSSR count). The van der Waals surface area contributed by atoms with Crippen LogP contribution in [0.15, 0.2) is 30.3 Å². The fourth-order valence-electron chi connectivity index (χ4n) is 1.54. The van der Waals surface area contributed by atoms with E-state index in [1.165, 1.54) is 6.08 Å². The topological polar surface area (TPSA) is 66.4 Å². The molecule has 1 atom stereocenters. The molecule has 2 N–H and O–H groups in total. The van der Waals surface area contributed by atoms with E-state index in [2.05, 4.69) is 5.32 Å². The van der Waals surface area contributed by atoms with Crippen LogP contribution in [-0.4, -0.2) is 23.0 Å². The number of carboxylic acid groups (broad SMARTS) is 1.